The van der Waals surface area contributed by atoms with Crippen LogP contribution in [0.15, 0.2) is 48.8 Å². The van der Waals surface area contributed by atoms with E-state index in [1.165, 1.54) is 193 Å². The van der Waals surface area contributed by atoms with Crippen molar-refractivity contribution in [1.82, 2.24) is 0 Å². The molecule has 1 aromatic heterocycles. The van der Waals surface area contributed by atoms with Gasteiger partial charge in [0.05, 0.1) is 0 Å². The molecule has 0 atom stereocenters. The molecule has 0 fully saturated rings. The van der Waals surface area contributed by atoms with Crippen LogP contribution in [0.3, 0.4) is 0 Å². The van der Waals surface area contributed by atoms with Gasteiger partial charge in [0, 0.05) is 12.1 Å². The van der Waals surface area contributed by atoms with Crippen molar-refractivity contribution in [2.24, 2.45) is 7.05 Å². The molecule has 2 heteroatoms. The van der Waals surface area contributed by atoms with Crippen LogP contribution in [-0.2, 0) is 7.05 Å². The van der Waals surface area contributed by atoms with E-state index in [0.717, 1.165) is 5.92 Å². The normalized spacial score (nSPS) is 11.7. The Kier molecular flexibility index (Phi) is 35.2. The van der Waals surface area contributed by atoms with Crippen LogP contribution in [0, 0.1) is 0 Å². The maximum Gasteiger partial charge on any atom is 0.168 e. The van der Waals surface area contributed by atoms with Gasteiger partial charge in [-0.15, -0.1) is 0 Å². The van der Waals surface area contributed by atoms with Crippen molar-refractivity contribution < 1.29 is 21.5 Å². The van der Waals surface area contributed by atoms with Crippen molar-refractivity contribution in [3.8, 4) is 0 Å². The van der Waals surface area contributed by atoms with Crippen LogP contribution >= 0.6 is 0 Å². The summed E-state index contributed by atoms with van der Waals surface area (Å²) in [5.41, 5.74) is 1.57. The molecule has 0 aliphatic carbocycles. The molecule has 0 saturated heterocycles. The Bertz CT molecular complexity index is 710. The fourth-order valence-electron chi connectivity index (χ4n) is 6.54. The van der Waals surface area contributed by atoms with E-state index in [1.54, 1.807) is 5.56 Å². The minimum Gasteiger partial charge on any atom is -1.00 e. The van der Waals surface area contributed by atoms with E-state index < -0.39 is 0 Å². The smallest absolute Gasteiger partial charge is 0.168 e. The highest BCUT2D eigenvalue weighted by atomic mass is 79.9. The zero-order valence-corrected chi connectivity index (χ0v) is 32.3. The third kappa shape index (κ3) is 30.2. The number of hydrogen-bond acceptors (Lipinski definition) is 0. The average Bonchev–Trinajstić information content (AvgIpc) is 3.03. The molecule has 262 valence electrons. The number of aromatic nitrogens is 1. The number of hydrogen-bond donors (Lipinski definition) is 0. The largest absolute Gasteiger partial charge is 1.00 e. The lowest BCUT2D eigenvalue weighted by Crippen LogP contribution is -3.00. The van der Waals surface area contributed by atoms with Gasteiger partial charge in [0.1, 0.15) is 7.05 Å². The Morgan fingerprint density at radius 2 is 0.733 bits per heavy atom. The fraction of sp³-hybridized carbons (Fsp3) is 0.791. The van der Waals surface area contributed by atoms with Gasteiger partial charge in [-0.3, -0.25) is 0 Å². The van der Waals surface area contributed by atoms with Crippen LogP contribution in [-0.4, -0.2) is 0 Å². The highest BCUT2D eigenvalue weighted by Crippen LogP contribution is 2.28. The van der Waals surface area contributed by atoms with Crippen molar-refractivity contribution in [1.29, 1.82) is 0 Å². The van der Waals surface area contributed by atoms with Gasteiger partial charge >= 0.3 is 0 Å². The quantitative estimate of drug-likeness (QED) is 0.0393. The van der Waals surface area contributed by atoms with Crippen LogP contribution in [0.25, 0.3) is 0 Å². The number of allylic oxidation sites excluding steroid dienone is 4. The van der Waals surface area contributed by atoms with Crippen molar-refractivity contribution in [2.75, 3.05) is 0 Å². The Hall–Kier alpha value is -0.890. The van der Waals surface area contributed by atoms with Crippen molar-refractivity contribution >= 4 is 0 Å². The SMILES string of the molecule is CCCCCCCC/C=C\CCCCCCCCC(CCCCCCCC/C=C\CCCCCCCC)c1cc[n+](C)cc1.[Br-]. The van der Waals surface area contributed by atoms with Crippen molar-refractivity contribution in [2.45, 2.75) is 212 Å². The molecule has 0 bridgehead atoms. The molecule has 1 rings (SSSR count). The maximum atomic E-state index is 2.45. The third-order valence-corrected chi connectivity index (χ3v) is 9.60. The van der Waals surface area contributed by atoms with Gasteiger partial charge in [0.15, 0.2) is 12.4 Å². The van der Waals surface area contributed by atoms with E-state index in [1.807, 2.05) is 0 Å². The Morgan fingerprint density at radius 1 is 0.444 bits per heavy atom. The molecule has 0 N–H and O–H groups in total. The van der Waals surface area contributed by atoms with E-state index in [9.17, 15) is 0 Å². The number of aryl methyl sites for hydroxylation is 1. The second-order valence-electron chi connectivity index (χ2n) is 13.9. The second kappa shape index (κ2) is 36.0. The number of unbranched alkanes of at least 4 members (excludes halogenated alkanes) is 24. The molecule has 0 spiro atoms. The highest BCUT2D eigenvalue weighted by Gasteiger charge is 2.12. The summed E-state index contributed by atoms with van der Waals surface area (Å²) in [4.78, 5) is 0. The molecular weight excluding hydrogens is 610 g/mol. The molecule has 0 amide bonds. The summed E-state index contributed by atoms with van der Waals surface area (Å²) in [5.74, 6) is 0.754. The third-order valence-electron chi connectivity index (χ3n) is 9.60. The lowest BCUT2D eigenvalue weighted by Gasteiger charge is -2.17. The van der Waals surface area contributed by atoms with E-state index in [-0.39, 0.29) is 17.0 Å². The predicted octanol–water partition coefficient (Wildman–Crippen LogP) is 11.5. The minimum atomic E-state index is 0. The first-order chi connectivity index (χ1) is 21.8. The molecule has 0 saturated carbocycles. The summed E-state index contributed by atoms with van der Waals surface area (Å²) in [5, 5.41) is 0. The van der Waals surface area contributed by atoms with Crippen molar-refractivity contribution in [3.05, 3.63) is 54.4 Å². The van der Waals surface area contributed by atoms with Crippen LogP contribution < -0.4 is 21.5 Å². The molecule has 1 heterocycles. The Morgan fingerprint density at radius 3 is 1.07 bits per heavy atom. The fourth-order valence-corrected chi connectivity index (χ4v) is 6.54. The number of halogens is 1. The van der Waals surface area contributed by atoms with Gasteiger partial charge in [-0.2, -0.15) is 0 Å². The lowest BCUT2D eigenvalue weighted by molar-refractivity contribution is -0.671. The van der Waals surface area contributed by atoms with Gasteiger partial charge in [-0.05, 0) is 75.7 Å². The van der Waals surface area contributed by atoms with Gasteiger partial charge in [-0.1, -0.05) is 167 Å². The summed E-state index contributed by atoms with van der Waals surface area (Å²) in [7, 11) is 2.13. The van der Waals surface area contributed by atoms with Gasteiger partial charge in [-0.25, -0.2) is 4.57 Å². The maximum absolute atomic E-state index is 2.45. The van der Waals surface area contributed by atoms with Crippen LogP contribution in [0.5, 0.6) is 0 Å². The summed E-state index contributed by atoms with van der Waals surface area (Å²) < 4.78 is 2.17. The second-order valence-corrected chi connectivity index (χ2v) is 13.9. The molecule has 0 aromatic carbocycles. The van der Waals surface area contributed by atoms with E-state index in [2.05, 4.69) is 74.3 Å². The molecular formula is C43H78BrN. The summed E-state index contributed by atoms with van der Waals surface area (Å²) >= 11 is 0. The minimum absolute atomic E-state index is 0. The monoisotopic (exact) mass is 688 g/mol. The average molecular weight is 689 g/mol. The molecule has 0 aliphatic heterocycles. The van der Waals surface area contributed by atoms with Gasteiger partial charge in [0.2, 0.25) is 0 Å². The summed E-state index contributed by atoms with van der Waals surface area (Å²) in [6.07, 6.45) is 56.0. The first-order valence-corrected chi connectivity index (χ1v) is 20.0. The summed E-state index contributed by atoms with van der Waals surface area (Å²) in [6, 6.07) is 4.76. The van der Waals surface area contributed by atoms with E-state index in [0.29, 0.717) is 0 Å². The highest BCUT2D eigenvalue weighted by molar-refractivity contribution is 5.13. The van der Waals surface area contributed by atoms with Crippen LogP contribution in [0.1, 0.15) is 218 Å². The molecule has 1 aromatic rings. The predicted molar refractivity (Wildman–Crippen MR) is 198 cm³/mol. The Labute approximate surface area is 294 Å². The molecule has 45 heavy (non-hydrogen) atoms. The van der Waals surface area contributed by atoms with E-state index in [4.69, 9.17) is 0 Å². The first-order valence-electron chi connectivity index (χ1n) is 20.0. The van der Waals surface area contributed by atoms with Gasteiger partial charge < -0.3 is 17.0 Å². The van der Waals surface area contributed by atoms with Crippen LogP contribution in [0.4, 0.5) is 0 Å². The van der Waals surface area contributed by atoms with Crippen molar-refractivity contribution in [3.63, 3.8) is 0 Å². The summed E-state index contributed by atoms with van der Waals surface area (Å²) in [6.45, 7) is 4.60. The number of pyridine rings is 1. The first kappa shape index (κ1) is 44.1. The number of nitrogens with zero attached hydrogens (tertiary/aromatic N) is 1. The van der Waals surface area contributed by atoms with Crippen LogP contribution in [0.2, 0.25) is 0 Å². The van der Waals surface area contributed by atoms with E-state index >= 15 is 0 Å². The zero-order valence-electron chi connectivity index (χ0n) is 30.7. The molecule has 0 unspecified atom stereocenters. The topological polar surface area (TPSA) is 3.88 Å². The molecule has 1 nitrogen and oxygen atoms in total. The molecule has 0 aliphatic rings. The molecule has 0 radical (unpaired) electrons. The van der Waals surface area contributed by atoms with Gasteiger partial charge in [0.25, 0.3) is 0 Å². The lowest BCUT2D eigenvalue weighted by atomic mass is 9.88. The Balaban J connectivity index is 0.0000194. The number of rotatable bonds is 33. The zero-order chi connectivity index (χ0) is 31.6. The standard InChI is InChI=1S/C43H78N.BrH/c1-4-6-8-10-12-14-16-18-20-22-24-26-28-30-32-34-36-42(43-38-40-44(3)41-39-43)37-35-33-31-29-27-25-23-21-19-17-15-13-11-9-7-5-2;/h18-21,38-42H,4-17,22-37H2,1-3H3;1H/q+1;/p-1/b20-18-,21-19-;.